The molecule has 0 bridgehead atoms. The van der Waals surface area contributed by atoms with E-state index >= 15 is 0 Å². The topological polar surface area (TPSA) is 58.6 Å². The Kier molecular flexibility index (Phi) is 5.32. The molecule has 0 aliphatic carbocycles. The Morgan fingerprint density at radius 1 is 1.41 bits per heavy atom. The van der Waals surface area contributed by atoms with Crippen LogP contribution in [0.5, 0.6) is 0 Å². The van der Waals surface area contributed by atoms with Gasteiger partial charge in [0.25, 0.3) is 0 Å². The van der Waals surface area contributed by atoms with Crippen LogP contribution in [0.15, 0.2) is 24.3 Å². The summed E-state index contributed by atoms with van der Waals surface area (Å²) in [4.78, 5) is 25.8. The van der Waals surface area contributed by atoms with Gasteiger partial charge in [-0.25, -0.2) is 0 Å². The van der Waals surface area contributed by atoms with Gasteiger partial charge < -0.3 is 10.1 Å². The summed E-state index contributed by atoms with van der Waals surface area (Å²) in [6, 6.07) is 7.02. The molecule has 1 saturated heterocycles. The lowest BCUT2D eigenvalue weighted by Crippen LogP contribution is -2.56. The number of carbonyl (C=O) groups is 2. The lowest BCUT2D eigenvalue weighted by atomic mass is 9.96. The van der Waals surface area contributed by atoms with Crippen molar-refractivity contribution >= 4 is 17.4 Å². The van der Waals surface area contributed by atoms with Crippen LogP contribution in [0.25, 0.3) is 0 Å². The summed E-state index contributed by atoms with van der Waals surface area (Å²) in [7, 11) is 0. The molecule has 22 heavy (non-hydrogen) atoms. The molecule has 1 aromatic rings. The Morgan fingerprint density at radius 2 is 2.18 bits per heavy atom. The van der Waals surface area contributed by atoms with Crippen molar-refractivity contribution < 1.29 is 14.3 Å². The average Bonchev–Trinajstić information content (AvgIpc) is 2.50. The van der Waals surface area contributed by atoms with Gasteiger partial charge in [-0.05, 0) is 32.4 Å². The first-order valence-electron chi connectivity index (χ1n) is 7.68. The van der Waals surface area contributed by atoms with E-state index in [2.05, 4.69) is 24.1 Å². The van der Waals surface area contributed by atoms with Gasteiger partial charge in [-0.3, -0.25) is 14.5 Å². The second kappa shape index (κ2) is 7.03. The Bertz CT molecular complexity index is 559. The first-order chi connectivity index (χ1) is 10.4. The Balaban J connectivity index is 2.00. The van der Waals surface area contributed by atoms with E-state index in [1.54, 1.807) is 24.3 Å². The molecule has 0 saturated carbocycles. The predicted molar refractivity (Wildman–Crippen MR) is 86.2 cm³/mol. The summed E-state index contributed by atoms with van der Waals surface area (Å²) in [5.74, 6) is -0.0786. The molecule has 1 unspecified atom stereocenters. The minimum atomic E-state index is -0.100. The number of hydrogen-bond donors (Lipinski definition) is 1. The highest BCUT2D eigenvalue weighted by Gasteiger charge is 2.34. The summed E-state index contributed by atoms with van der Waals surface area (Å²) < 4.78 is 5.54. The average molecular weight is 304 g/mol. The fraction of sp³-hybridized carbons (Fsp3) is 0.529. The van der Waals surface area contributed by atoms with Gasteiger partial charge in [0.05, 0.1) is 19.8 Å². The van der Waals surface area contributed by atoms with E-state index < -0.39 is 0 Å². The van der Waals surface area contributed by atoms with Gasteiger partial charge in [0.15, 0.2) is 5.78 Å². The van der Waals surface area contributed by atoms with Gasteiger partial charge in [0, 0.05) is 23.3 Å². The van der Waals surface area contributed by atoms with E-state index in [4.69, 9.17) is 4.74 Å². The molecule has 1 aromatic carbocycles. The van der Waals surface area contributed by atoms with Crippen LogP contribution < -0.4 is 5.32 Å². The third kappa shape index (κ3) is 3.93. The Hall–Kier alpha value is -1.72. The first-order valence-corrected chi connectivity index (χ1v) is 7.68. The molecule has 1 fully saturated rings. The maximum atomic E-state index is 12.3. The molecule has 1 aliphatic heterocycles. The fourth-order valence-electron chi connectivity index (χ4n) is 2.61. The Morgan fingerprint density at radius 3 is 2.86 bits per heavy atom. The predicted octanol–water partition coefficient (Wildman–Crippen LogP) is 2.33. The minimum Gasteiger partial charge on any atom is -0.378 e. The number of ketones is 1. The third-order valence-electron chi connectivity index (χ3n) is 4.33. The van der Waals surface area contributed by atoms with Crippen molar-refractivity contribution in [1.82, 2.24) is 4.90 Å². The molecule has 0 radical (unpaired) electrons. The summed E-state index contributed by atoms with van der Waals surface area (Å²) in [6.45, 7) is 8.13. The molecule has 0 aromatic heterocycles. The number of nitrogens with one attached hydrogen (secondary N) is 1. The van der Waals surface area contributed by atoms with Gasteiger partial charge >= 0.3 is 0 Å². The molecule has 120 valence electrons. The number of morpholine rings is 1. The number of rotatable bonds is 5. The van der Waals surface area contributed by atoms with Crippen molar-refractivity contribution in [1.29, 1.82) is 0 Å². The molecule has 1 aliphatic rings. The summed E-state index contributed by atoms with van der Waals surface area (Å²) in [5.41, 5.74) is 1.16. The van der Waals surface area contributed by atoms with Crippen molar-refractivity contribution in [3.8, 4) is 0 Å². The van der Waals surface area contributed by atoms with Crippen molar-refractivity contribution in [2.75, 3.05) is 31.6 Å². The maximum absolute atomic E-state index is 12.3. The van der Waals surface area contributed by atoms with Gasteiger partial charge in [0.2, 0.25) is 5.91 Å². The number of anilines is 1. The summed E-state index contributed by atoms with van der Waals surface area (Å²) in [6.07, 6.45) is 0.931. The second-order valence-corrected chi connectivity index (χ2v) is 6.01. The summed E-state index contributed by atoms with van der Waals surface area (Å²) >= 11 is 0. The first kappa shape index (κ1) is 16.6. The molecule has 5 nitrogen and oxygen atoms in total. The van der Waals surface area contributed by atoms with Gasteiger partial charge in [0.1, 0.15) is 0 Å². The van der Waals surface area contributed by atoms with E-state index in [1.165, 1.54) is 6.92 Å². The van der Waals surface area contributed by atoms with Crippen molar-refractivity contribution in [2.24, 2.45) is 0 Å². The van der Waals surface area contributed by atoms with Crippen molar-refractivity contribution in [3.05, 3.63) is 29.8 Å². The molecule has 1 atom stereocenters. The number of carbonyl (C=O) groups excluding carboxylic acids is 2. The van der Waals surface area contributed by atoms with E-state index in [-0.39, 0.29) is 17.2 Å². The number of hydrogen-bond acceptors (Lipinski definition) is 4. The van der Waals surface area contributed by atoms with Gasteiger partial charge in [-0.2, -0.15) is 0 Å². The lowest BCUT2D eigenvalue weighted by molar-refractivity contribution is -0.123. The number of nitrogens with zero attached hydrogens (tertiary/aromatic N) is 1. The summed E-state index contributed by atoms with van der Waals surface area (Å²) in [5, 5.41) is 2.87. The monoisotopic (exact) mass is 304 g/mol. The van der Waals surface area contributed by atoms with Crippen LogP contribution >= 0.6 is 0 Å². The second-order valence-electron chi connectivity index (χ2n) is 6.01. The molecular weight excluding hydrogens is 280 g/mol. The highest BCUT2D eigenvalue weighted by atomic mass is 16.5. The fourth-order valence-corrected chi connectivity index (χ4v) is 2.61. The number of ether oxygens (including phenoxy) is 1. The smallest absolute Gasteiger partial charge is 0.238 e. The van der Waals surface area contributed by atoms with Crippen LogP contribution in [0.4, 0.5) is 5.69 Å². The third-order valence-corrected chi connectivity index (χ3v) is 4.33. The highest BCUT2D eigenvalue weighted by molar-refractivity contribution is 5.97. The van der Waals surface area contributed by atoms with Crippen molar-refractivity contribution in [2.45, 2.75) is 32.7 Å². The van der Waals surface area contributed by atoms with Crippen molar-refractivity contribution in [3.63, 3.8) is 0 Å². The minimum absolute atomic E-state index is 0.0113. The van der Waals surface area contributed by atoms with Gasteiger partial charge in [-0.1, -0.05) is 19.1 Å². The van der Waals surface area contributed by atoms with Crippen LogP contribution in [-0.2, 0) is 9.53 Å². The maximum Gasteiger partial charge on any atom is 0.238 e. The van der Waals surface area contributed by atoms with E-state index in [0.29, 0.717) is 31.0 Å². The zero-order valence-electron chi connectivity index (χ0n) is 13.5. The van der Waals surface area contributed by atoms with Gasteiger partial charge in [-0.15, -0.1) is 0 Å². The zero-order valence-corrected chi connectivity index (χ0v) is 13.5. The van der Waals surface area contributed by atoms with Crippen LogP contribution in [-0.4, -0.2) is 48.4 Å². The molecule has 1 heterocycles. The van der Waals surface area contributed by atoms with Crippen LogP contribution in [0.1, 0.15) is 37.6 Å². The normalized spacial score (nSPS) is 22.3. The van der Waals surface area contributed by atoms with Crippen LogP contribution in [0.3, 0.4) is 0 Å². The largest absolute Gasteiger partial charge is 0.378 e. The number of benzene rings is 1. The molecule has 0 spiro atoms. The lowest BCUT2D eigenvalue weighted by Gasteiger charge is -2.43. The Labute approximate surface area is 131 Å². The van der Waals surface area contributed by atoms with E-state index in [9.17, 15) is 9.59 Å². The van der Waals surface area contributed by atoms with E-state index in [0.717, 1.165) is 13.0 Å². The quantitative estimate of drug-likeness (QED) is 0.848. The van der Waals surface area contributed by atoms with E-state index in [1.807, 2.05) is 0 Å². The molecule has 1 N–H and O–H groups in total. The molecule has 1 amide bonds. The molecule has 2 rings (SSSR count). The molecule has 5 heteroatoms. The molecular formula is C17H24N2O3. The number of Topliss-reactive ketones (excluding diaryl/α,β-unsaturated/α-hetero) is 1. The SMILES string of the molecule is CCC1(C)COCCN1CC(=O)Nc1cccc(C(C)=O)c1. The highest BCUT2D eigenvalue weighted by Crippen LogP contribution is 2.23. The standard InChI is InChI=1S/C17H24N2O3/c1-4-17(3)12-22-9-8-19(17)11-16(21)18-15-7-5-6-14(10-15)13(2)20/h5-7,10H,4,8-9,11-12H2,1-3H3,(H,18,21). The zero-order chi connectivity index (χ0) is 16.2. The van der Waals surface area contributed by atoms with Crippen LogP contribution in [0.2, 0.25) is 0 Å². The number of amides is 1. The van der Waals surface area contributed by atoms with Crippen LogP contribution in [0, 0.1) is 0 Å².